The van der Waals surface area contributed by atoms with Crippen LogP contribution in [0.25, 0.3) is 0 Å². The largest absolute Gasteiger partial charge is 0.490 e. The summed E-state index contributed by atoms with van der Waals surface area (Å²) in [6, 6.07) is 11.7. The average molecular weight is 492 g/mol. The first-order chi connectivity index (χ1) is 15.8. The van der Waals surface area contributed by atoms with Crippen LogP contribution in [0, 0.1) is 5.41 Å². The van der Waals surface area contributed by atoms with Gasteiger partial charge in [0, 0.05) is 50.4 Å². The molecule has 1 amide bonds. The minimum absolute atomic E-state index is 0.0539. The lowest BCUT2D eigenvalue weighted by Crippen LogP contribution is -2.46. The molecule has 33 heavy (non-hydrogen) atoms. The Morgan fingerprint density at radius 3 is 2.61 bits per heavy atom. The lowest BCUT2D eigenvalue weighted by molar-refractivity contribution is -0.124. The van der Waals surface area contributed by atoms with Gasteiger partial charge in [0.25, 0.3) is 5.91 Å². The van der Waals surface area contributed by atoms with Gasteiger partial charge in [-0.25, -0.2) is 0 Å². The van der Waals surface area contributed by atoms with Gasteiger partial charge in [0.15, 0.2) is 6.29 Å². The van der Waals surface area contributed by atoms with Gasteiger partial charge in [-0.1, -0.05) is 47.5 Å². The topological polar surface area (TPSA) is 93.9 Å². The molecule has 7 nitrogen and oxygen atoms in total. The van der Waals surface area contributed by atoms with Crippen molar-refractivity contribution < 1.29 is 19.4 Å². The van der Waals surface area contributed by atoms with Crippen LogP contribution < -0.4 is 4.74 Å². The van der Waals surface area contributed by atoms with Crippen LogP contribution in [0.4, 0.5) is 0 Å². The van der Waals surface area contributed by atoms with E-state index in [9.17, 15) is 14.7 Å². The SMILES string of the molecule is CN(C[C@@H](O)CN1CCC(Oc2ccc(Cl)c(Cl)c2)CC1)C(=O)C(=N)c1ccccc1C=O. The second-order valence-corrected chi connectivity index (χ2v) is 8.93. The average Bonchev–Trinajstić information content (AvgIpc) is 2.81. The number of nitrogens with zero attached hydrogens (tertiary/aromatic N) is 2. The summed E-state index contributed by atoms with van der Waals surface area (Å²) in [5.41, 5.74) is 0.298. The summed E-state index contributed by atoms with van der Waals surface area (Å²) in [4.78, 5) is 27.3. The highest BCUT2D eigenvalue weighted by Gasteiger charge is 2.25. The Bertz CT molecular complexity index is 1010. The smallest absolute Gasteiger partial charge is 0.272 e. The van der Waals surface area contributed by atoms with Crippen molar-refractivity contribution in [1.82, 2.24) is 9.80 Å². The van der Waals surface area contributed by atoms with E-state index in [0.29, 0.717) is 28.6 Å². The van der Waals surface area contributed by atoms with Crippen molar-refractivity contribution in [1.29, 1.82) is 5.41 Å². The molecule has 0 aliphatic carbocycles. The number of aldehydes is 1. The van der Waals surface area contributed by atoms with Crippen molar-refractivity contribution in [3.63, 3.8) is 0 Å². The van der Waals surface area contributed by atoms with E-state index in [0.717, 1.165) is 25.9 Å². The Labute approximate surface area is 203 Å². The molecule has 1 atom stereocenters. The van der Waals surface area contributed by atoms with Crippen LogP contribution in [0.1, 0.15) is 28.8 Å². The third kappa shape index (κ3) is 6.77. The van der Waals surface area contributed by atoms with Crippen LogP contribution in [-0.2, 0) is 4.79 Å². The molecule has 1 aliphatic heterocycles. The number of carbonyl (C=O) groups excluding carboxylic acids is 2. The fourth-order valence-corrected chi connectivity index (χ4v) is 4.13. The number of amides is 1. The minimum Gasteiger partial charge on any atom is -0.490 e. The van der Waals surface area contributed by atoms with Gasteiger partial charge < -0.3 is 19.6 Å². The van der Waals surface area contributed by atoms with Crippen molar-refractivity contribution in [2.24, 2.45) is 0 Å². The zero-order chi connectivity index (χ0) is 24.0. The van der Waals surface area contributed by atoms with Crippen molar-refractivity contribution in [3.05, 3.63) is 63.6 Å². The van der Waals surface area contributed by atoms with Gasteiger partial charge in [-0.2, -0.15) is 0 Å². The highest BCUT2D eigenvalue weighted by atomic mass is 35.5. The number of likely N-dealkylation sites (N-methyl/N-ethyl adjacent to an activating group) is 1. The van der Waals surface area contributed by atoms with Gasteiger partial charge in [0.2, 0.25) is 0 Å². The molecule has 1 saturated heterocycles. The van der Waals surface area contributed by atoms with Crippen molar-refractivity contribution in [3.8, 4) is 5.75 Å². The number of nitrogens with one attached hydrogen (secondary N) is 1. The molecular weight excluding hydrogens is 465 g/mol. The maximum Gasteiger partial charge on any atom is 0.272 e. The monoisotopic (exact) mass is 491 g/mol. The normalized spacial score (nSPS) is 15.6. The van der Waals surface area contributed by atoms with Gasteiger partial charge >= 0.3 is 0 Å². The van der Waals surface area contributed by atoms with E-state index in [4.69, 9.17) is 33.3 Å². The first kappa shape index (κ1) is 25.2. The summed E-state index contributed by atoms with van der Waals surface area (Å²) >= 11 is 12.0. The first-order valence-electron chi connectivity index (χ1n) is 10.7. The van der Waals surface area contributed by atoms with Crippen molar-refractivity contribution in [2.75, 3.05) is 33.2 Å². The number of likely N-dealkylation sites (tertiary alicyclic amines) is 1. The fourth-order valence-electron chi connectivity index (χ4n) is 3.84. The maximum atomic E-state index is 12.6. The van der Waals surface area contributed by atoms with E-state index in [1.54, 1.807) is 49.5 Å². The molecule has 0 spiro atoms. The maximum absolute atomic E-state index is 12.6. The Balaban J connectivity index is 1.45. The Hall–Kier alpha value is -2.45. The molecular formula is C24H27Cl2N3O4. The molecule has 0 bridgehead atoms. The molecule has 2 N–H and O–H groups in total. The third-order valence-corrected chi connectivity index (χ3v) is 6.34. The number of ether oxygens (including phenoxy) is 1. The first-order valence-corrected chi connectivity index (χ1v) is 11.4. The van der Waals surface area contributed by atoms with E-state index in [1.165, 1.54) is 4.90 Å². The highest BCUT2D eigenvalue weighted by Crippen LogP contribution is 2.28. The Morgan fingerprint density at radius 1 is 1.24 bits per heavy atom. The fraction of sp³-hybridized carbons (Fsp3) is 0.375. The van der Waals surface area contributed by atoms with Crippen LogP contribution >= 0.6 is 23.2 Å². The predicted molar refractivity (Wildman–Crippen MR) is 129 cm³/mol. The van der Waals surface area contributed by atoms with Crippen molar-refractivity contribution in [2.45, 2.75) is 25.0 Å². The highest BCUT2D eigenvalue weighted by molar-refractivity contribution is 6.44. The quantitative estimate of drug-likeness (QED) is 0.413. The number of benzene rings is 2. The second kappa shape index (κ2) is 11.6. The summed E-state index contributed by atoms with van der Waals surface area (Å²) in [5, 5.41) is 19.6. The standard InChI is InChI=1S/C24H27Cl2N3O4/c1-28(24(32)23(27)20-5-3-2-4-16(20)15-30)13-17(31)14-29-10-8-18(9-11-29)33-19-6-7-21(25)22(26)12-19/h2-7,12,15,17-18,27,31H,8-11,13-14H2,1H3/t17-/m1/s1. The van der Waals surface area contributed by atoms with Crippen LogP contribution in [-0.4, -0.2) is 78.2 Å². The second-order valence-electron chi connectivity index (χ2n) is 8.11. The summed E-state index contributed by atoms with van der Waals surface area (Å²) < 4.78 is 5.99. The molecule has 3 rings (SSSR count). The van der Waals surface area contributed by atoms with Gasteiger partial charge in [-0.3, -0.25) is 15.0 Å². The number of β-amino-alcohol motifs (C(OH)–C–C–N with tert-alkyl or cyclic N) is 1. The molecule has 0 radical (unpaired) electrons. The number of piperidine rings is 1. The molecule has 2 aromatic carbocycles. The van der Waals surface area contributed by atoms with Crippen LogP contribution in [0.3, 0.4) is 0 Å². The Kier molecular flexibility index (Phi) is 8.86. The molecule has 176 valence electrons. The molecule has 0 unspecified atom stereocenters. The molecule has 0 saturated carbocycles. The van der Waals surface area contributed by atoms with E-state index >= 15 is 0 Å². The van der Waals surface area contributed by atoms with Crippen LogP contribution in [0.2, 0.25) is 10.0 Å². The number of carbonyl (C=O) groups is 2. The predicted octanol–water partition coefficient (Wildman–Crippen LogP) is 3.54. The van der Waals surface area contributed by atoms with Gasteiger partial charge in [-0.15, -0.1) is 0 Å². The molecule has 9 heteroatoms. The van der Waals surface area contributed by atoms with Crippen LogP contribution in [0.5, 0.6) is 5.75 Å². The number of halogens is 2. The van der Waals surface area contributed by atoms with E-state index < -0.39 is 12.0 Å². The lowest BCUT2D eigenvalue weighted by Gasteiger charge is -2.34. The molecule has 1 aliphatic rings. The van der Waals surface area contributed by atoms with Gasteiger partial charge in [-0.05, 0) is 25.0 Å². The third-order valence-electron chi connectivity index (χ3n) is 5.60. The van der Waals surface area contributed by atoms with E-state index in [-0.39, 0.29) is 29.5 Å². The van der Waals surface area contributed by atoms with E-state index in [2.05, 4.69) is 4.90 Å². The number of aliphatic hydroxyl groups is 1. The number of aliphatic hydroxyl groups excluding tert-OH is 1. The lowest BCUT2D eigenvalue weighted by atomic mass is 10.0. The number of hydrogen-bond donors (Lipinski definition) is 2. The summed E-state index contributed by atoms with van der Waals surface area (Å²) in [7, 11) is 1.54. The number of hydrogen-bond acceptors (Lipinski definition) is 6. The molecule has 1 heterocycles. The summed E-state index contributed by atoms with van der Waals surface area (Å²) in [6.45, 7) is 2.01. The van der Waals surface area contributed by atoms with Gasteiger partial charge in [0.05, 0.1) is 16.1 Å². The molecule has 1 fully saturated rings. The van der Waals surface area contributed by atoms with Gasteiger partial charge in [0.1, 0.15) is 17.6 Å². The van der Waals surface area contributed by atoms with Crippen molar-refractivity contribution >= 4 is 41.1 Å². The summed E-state index contributed by atoms with van der Waals surface area (Å²) in [6.07, 6.45) is 1.52. The zero-order valence-corrected chi connectivity index (χ0v) is 19.9. The zero-order valence-electron chi connectivity index (χ0n) is 18.3. The number of rotatable bonds is 9. The summed E-state index contributed by atoms with van der Waals surface area (Å²) in [5.74, 6) is 0.138. The Morgan fingerprint density at radius 2 is 1.94 bits per heavy atom. The molecule has 0 aromatic heterocycles. The van der Waals surface area contributed by atoms with Crippen LogP contribution in [0.15, 0.2) is 42.5 Å². The molecule has 2 aromatic rings. The minimum atomic E-state index is -0.763. The van der Waals surface area contributed by atoms with E-state index in [1.807, 2.05) is 0 Å².